The Kier molecular flexibility index (Phi) is 5.58. The summed E-state index contributed by atoms with van der Waals surface area (Å²) in [5, 5.41) is 3.03. The minimum atomic E-state index is -0.112. The number of nitrogens with zero attached hydrogens (tertiary/aromatic N) is 1. The van der Waals surface area contributed by atoms with Gasteiger partial charge in [-0.05, 0) is 36.5 Å². The van der Waals surface area contributed by atoms with Crippen LogP contribution in [0.4, 0.5) is 5.69 Å². The van der Waals surface area contributed by atoms with Crippen LogP contribution in [0.1, 0.15) is 57.9 Å². The van der Waals surface area contributed by atoms with E-state index in [4.69, 9.17) is 0 Å². The van der Waals surface area contributed by atoms with Crippen molar-refractivity contribution in [3.63, 3.8) is 0 Å². The van der Waals surface area contributed by atoms with E-state index in [-0.39, 0.29) is 24.4 Å². The van der Waals surface area contributed by atoms with E-state index in [0.717, 1.165) is 18.5 Å². The van der Waals surface area contributed by atoms with E-state index < -0.39 is 0 Å². The molecular weight excluding hydrogens is 276 g/mol. The third kappa shape index (κ3) is 4.33. The Hall–Kier alpha value is -1.84. The molecule has 2 rings (SSSR count). The second kappa shape index (κ2) is 7.43. The third-order valence-electron chi connectivity index (χ3n) is 4.27. The molecule has 22 heavy (non-hydrogen) atoms. The lowest BCUT2D eigenvalue weighted by atomic mass is 10.0. The summed E-state index contributed by atoms with van der Waals surface area (Å²) in [6.07, 6.45) is 4.46. The minimum Gasteiger partial charge on any atom is -0.352 e. The fraction of sp³-hybridized carbons (Fsp3) is 0.556. The second-order valence-electron chi connectivity index (χ2n) is 6.40. The van der Waals surface area contributed by atoms with Crippen LogP contribution in [0, 0.1) is 0 Å². The van der Waals surface area contributed by atoms with Gasteiger partial charge in [-0.1, -0.05) is 38.8 Å². The highest BCUT2D eigenvalue weighted by molar-refractivity contribution is 5.97. The Labute approximate surface area is 132 Å². The highest BCUT2D eigenvalue weighted by Crippen LogP contribution is 2.21. The molecule has 0 atom stereocenters. The molecule has 2 amide bonds. The van der Waals surface area contributed by atoms with Gasteiger partial charge < -0.3 is 10.2 Å². The van der Waals surface area contributed by atoms with Gasteiger partial charge in [0.15, 0.2) is 0 Å². The Morgan fingerprint density at radius 3 is 2.27 bits per heavy atom. The summed E-state index contributed by atoms with van der Waals surface area (Å²) in [6, 6.07) is 8.15. The highest BCUT2D eigenvalue weighted by atomic mass is 16.2. The largest absolute Gasteiger partial charge is 0.352 e. The maximum atomic E-state index is 12.2. The molecule has 1 aliphatic rings. The number of benzene rings is 1. The van der Waals surface area contributed by atoms with E-state index in [1.165, 1.54) is 30.2 Å². The van der Waals surface area contributed by atoms with Gasteiger partial charge in [-0.2, -0.15) is 0 Å². The zero-order valence-corrected chi connectivity index (χ0v) is 13.8. The molecule has 0 radical (unpaired) electrons. The first-order valence-electron chi connectivity index (χ1n) is 8.15. The van der Waals surface area contributed by atoms with Gasteiger partial charge in [0.1, 0.15) is 6.54 Å². The van der Waals surface area contributed by atoms with E-state index in [1.807, 2.05) is 24.3 Å². The van der Waals surface area contributed by atoms with Crippen LogP contribution in [0.15, 0.2) is 24.3 Å². The number of hydrogen-bond donors (Lipinski definition) is 1. The molecule has 0 aliphatic heterocycles. The molecule has 0 heterocycles. The third-order valence-corrected chi connectivity index (χ3v) is 4.27. The van der Waals surface area contributed by atoms with Crippen molar-refractivity contribution in [3.05, 3.63) is 29.8 Å². The second-order valence-corrected chi connectivity index (χ2v) is 6.40. The Bertz CT molecular complexity index is 516. The van der Waals surface area contributed by atoms with Crippen molar-refractivity contribution in [2.75, 3.05) is 11.4 Å². The molecule has 0 saturated heterocycles. The molecule has 0 spiro atoms. The van der Waals surface area contributed by atoms with Crippen molar-refractivity contribution in [2.24, 2.45) is 0 Å². The summed E-state index contributed by atoms with van der Waals surface area (Å²) in [5.41, 5.74) is 2.00. The molecule has 4 nitrogen and oxygen atoms in total. The molecule has 1 fully saturated rings. The van der Waals surface area contributed by atoms with Crippen molar-refractivity contribution >= 4 is 17.5 Å². The van der Waals surface area contributed by atoms with Crippen LogP contribution in [-0.2, 0) is 9.59 Å². The van der Waals surface area contributed by atoms with E-state index in [2.05, 4.69) is 19.2 Å². The predicted octanol–water partition coefficient (Wildman–Crippen LogP) is 3.22. The Balaban J connectivity index is 2.02. The number of anilines is 1. The maximum absolute atomic E-state index is 12.2. The lowest BCUT2D eigenvalue weighted by molar-refractivity contribution is -0.123. The summed E-state index contributed by atoms with van der Waals surface area (Å²) in [5.74, 6) is 0.263. The van der Waals surface area contributed by atoms with Crippen LogP contribution in [0.5, 0.6) is 0 Å². The van der Waals surface area contributed by atoms with Gasteiger partial charge in [-0.15, -0.1) is 0 Å². The fourth-order valence-electron chi connectivity index (χ4n) is 2.91. The average molecular weight is 302 g/mol. The quantitative estimate of drug-likeness (QED) is 0.908. The molecule has 1 aliphatic carbocycles. The molecule has 0 aromatic heterocycles. The normalized spacial score (nSPS) is 15.1. The van der Waals surface area contributed by atoms with Crippen LogP contribution >= 0.6 is 0 Å². The highest BCUT2D eigenvalue weighted by Gasteiger charge is 2.20. The number of carbonyl (C=O) groups excluding carboxylic acids is 2. The first-order valence-corrected chi connectivity index (χ1v) is 8.15. The monoisotopic (exact) mass is 302 g/mol. The van der Waals surface area contributed by atoms with Gasteiger partial charge in [-0.25, -0.2) is 0 Å². The van der Waals surface area contributed by atoms with Crippen molar-refractivity contribution < 1.29 is 9.59 Å². The van der Waals surface area contributed by atoms with E-state index >= 15 is 0 Å². The molecule has 0 bridgehead atoms. The summed E-state index contributed by atoms with van der Waals surface area (Å²) in [4.78, 5) is 25.6. The Morgan fingerprint density at radius 1 is 1.18 bits per heavy atom. The van der Waals surface area contributed by atoms with Crippen molar-refractivity contribution in [3.8, 4) is 0 Å². The van der Waals surface area contributed by atoms with Crippen molar-refractivity contribution in [1.82, 2.24) is 5.32 Å². The number of amides is 2. The predicted molar refractivity (Wildman–Crippen MR) is 89.0 cm³/mol. The van der Waals surface area contributed by atoms with Crippen molar-refractivity contribution in [1.29, 1.82) is 0 Å². The number of rotatable bonds is 5. The Morgan fingerprint density at radius 2 is 1.77 bits per heavy atom. The van der Waals surface area contributed by atoms with Crippen LogP contribution in [0.3, 0.4) is 0 Å². The molecule has 1 saturated carbocycles. The first-order chi connectivity index (χ1) is 10.5. The smallest absolute Gasteiger partial charge is 0.240 e. The molecule has 120 valence electrons. The van der Waals surface area contributed by atoms with Crippen LogP contribution in [0.25, 0.3) is 0 Å². The fourth-order valence-corrected chi connectivity index (χ4v) is 2.91. The van der Waals surface area contributed by atoms with E-state index in [0.29, 0.717) is 5.92 Å². The van der Waals surface area contributed by atoms with Gasteiger partial charge in [-0.3, -0.25) is 9.59 Å². The van der Waals surface area contributed by atoms with Gasteiger partial charge in [0.25, 0.3) is 0 Å². The maximum Gasteiger partial charge on any atom is 0.240 e. The van der Waals surface area contributed by atoms with Gasteiger partial charge >= 0.3 is 0 Å². The van der Waals surface area contributed by atoms with Crippen LogP contribution in [-0.4, -0.2) is 24.4 Å². The lowest BCUT2D eigenvalue weighted by Crippen LogP contribution is -2.43. The first kappa shape index (κ1) is 16.5. The summed E-state index contributed by atoms with van der Waals surface area (Å²) in [7, 11) is 0. The van der Waals surface area contributed by atoms with Gasteiger partial charge in [0.2, 0.25) is 11.8 Å². The van der Waals surface area contributed by atoms with E-state index in [1.54, 1.807) is 0 Å². The zero-order chi connectivity index (χ0) is 16.1. The molecule has 1 aromatic rings. The summed E-state index contributed by atoms with van der Waals surface area (Å²) < 4.78 is 0. The minimum absolute atomic E-state index is 0.0740. The van der Waals surface area contributed by atoms with Crippen LogP contribution < -0.4 is 10.2 Å². The molecule has 1 N–H and O–H groups in total. The van der Waals surface area contributed by atoms with E-state index in [9.17, 15) is 9.59 Å². The lowest BCUT2D eigenvalue weighted by Gasteiger charge is -2.22. The van der Waals surface area contributed by atoms with Gasteiger partial charge in [0, 0.05) is 18.7 Å². The molecular formula is C18H26N2O2. The number of nitrogens with one attached hydrogen (secondary N) is 1. The average Bonchev–Trinajstić information content (AvgIpc) is 2.97. The standard InChI is InChI=1S/C18H26N2O2/c1-13(2)15-8-10-17(11-9-15)20(14(3)21)12-18(22)19-16-6-4-5-7-16/h8-11,13,16H,4-7,12H2,1-3H3,(H,19,22). The molecule has 1 aromatic carbocycles. The molecule has 0 unspecified atom stereocenters. The SMILES string of the molecule is CC(=O)N(CC(=O)NC1CCCC1)c1ccc(C(C)C)cc1. The number of hydrogen-bond acceptors (Lipinski definition) is 2. The number of carbonyl (C=O) groups is 2. The summed E-state index contributed by atoms with van der Waals surface area (Å²) in [6.45, 7) is 5.85. The van der Waals surface area contributed by atoms with Crippen molar-refractivity contribution in [2.45, 2.75) is 58.4 Å². The summed E-state index contributed by atoms with van der Waals surface area (Å²) >= 11 is 0. The zero-order valence-electron chi connectivity index (χ0n) is 13.8. The van der Waals surface area contributed by atoms with Crippen LogP contribution in [0.2, 0.25) is 0 Å². The van der Waals surface area contributed by atoms with Gasteiger partial charge in [0.05, 0.1) is 0 Å². The topological polar surface area (TPSA) is 49.4 Å². The molecule has 4 heteroatoms.